The summed E-state index contributed by atoms with van der Waals surface area (Å²) >= 11 is 1.71. The topological polar surface area (TPSA) is 49.9 Å². The Bertz CT molecular complexity index is 646. The van der Waals surface area contributed by atoms with Gasteiger partial charge in [-0.3, -0.25) is 0 Å². The fraction of sp³-hybridized carbons (Fsp3) is 0.188. The third-order valence-electron chi connectivity index (χ3n) is 3.21. The van der Waals surface area contributed by atoms with Crippen molar-refractivity contribution in [1.82, 2.24) is 15.3 Å². The maximum Gasteiger partial charge on any atom is 0.165 e. The second-order valence-electron chi connectivity index (χ2n) is 4.66. The summed E-state index contributed by atoms with van der Waals surface area (Å²) in [6, 6.07) is 8.31. The van der Waals surface area contributed by atoms with Gasteiger partial charge in [-0.05, 0) is 42.1 Å². The molecule has 0 saturated heterocycles. The summed E-state index contributed by atoms with van der Waals surface area (Å²) in [6.45, 7) is 0. The Morgan fingerprint density at radius 3 is 2.81 bits per heavy atom. The molecule has 1 atom stereocenters. The second kappa shape index (κ2) is 6.54. The van der Waals surface area contributed by atoms with Crippen molar-refractivity contribution in [3.63, 3.8) is 0 Å². The lowest BCUT2D eigenvalue weighted by atomic mass is 10.2. The van der Waals surface area contributed by atoms with E-state index < -0.39 is 0 Å². The van der Waals surface area contributed by atoms with Crippen molar-refractivity contribution < 1.29 is 4.74 Å². The Labute approximate surface area is 128 Å². The predicted molar refractivity (Wildman–Crippen MR) is 86.5 cm³/mol. The van der Waals surface area contributed by atoms with Crippen LogP contribution < -0.4 is 10.1 Å². The van der Waals surface area contributed by atoms with Crippen molar-refractivity contribution in [3.8, 4) is 17.0 Å². The molecule has 0 spiro atoms. The van der Waals surface area contributed by atoms with E-state index in [1.165, 1.54) is 0 Å². The first-order chi connectivity index (χ1) is 10.3. The van der Waals surface area contributed by atoms with Gasteiger partial charge >= 0.3 is 0 Å². The van der Waals surface area contributed by atoms with Gasteiger partial charge in [0.2, 0.25) is 0 Å². The molecule has 0 radical (unpaired) electrons. The van der Waals surface area contributed by atoms with E-state index in [4.69, 9.17) is 4.74 Å². The highest BCUT2D eigenvalue weighted by atomic mass is 32.2. The van der Waals surface area contributed by atoms with Gasteiger partial charge in [0.15, 0.2) is 5.16 Å². The van der Waals surface area contributed by atoms with Gasteiger partial charge in [0, 0.05) is 5.75 Å². The van der Waals surface area contributed by atoms with E-state index in [1.54, 1.807) is 18.9 Å². The molecule has 0 amide bonds. The monoisotopic (exact) mass is 299 g/mol. The van der Waals surface area contributed by atoms with Crippen LogP contribution in [0.5, 0.6) is 5.75 Å². The zero-order valence-electron chi connectivity index (χ0n) is 11.7. The summed E-state index contributed by atoms with van der Waals surface area (Å²) in [6.07, 6.45) is 10.0. The van der Waals surface area contributed by atoms with Crippen molar-refractivity contribution in [2.24, 2.45) is 0 Å². The quantitative estimate of drug-likeness (QED) is 0.832. The van der Waals surface area contributed by atoms with Gasteiger partial charge < -0.3 is 15.0 Å². The van der Waals surface area contributed by atoms with E-state index in [0.29, 0.717) is 6.04 Å². The van der Waals surface area contributed by atoms with Crippen LogP contribution in [0.15, 0.2) is 60.0 Å². The fourth-order valence-corrected chi connectivity index (χ4v) is 2.91. The number of nitrogens with zero attached hydrogens (tertiary/aromatic N) is 1. The number of benzene rings is 1. The zero-order valence-corrected chi connectivity index (χ0v) is 12.6. The minimum Gasteiger partial charge on any atom is -0.497 e. The number of aromatic amines is 1. The van der Waals surface area contributed by atoms with E-state index >= 15 is 0 Å². The normalized spacial score (nSPS) is 16.7. The Morgan fingerprint density at radius 2 is 2.10 bits per heavy atom. The van der Waals surface area contributed by atoms with Crippen LogP contribution >= 0.6 is 11.8 Å². The molecule has 1 unspecified atom stereocenters. The summed E-state index contributed by atoms with van der Waals surface area (Å²) in [4.78, 5) is 7.77. The average molecular weight is 299 g/mol. The first-order valence-corrected chi connectivity index (χ1v) is 7.75. The molecule has 0 saturated carbocycles. The molecule has 1 aromatic carbocycles. The molecule has 5 heteroatoms. The maximum atomic E-state index is 5.17. The van der Waals surface area contributed by atoms with Gasteiger partial charge in [-0.1, -0.05) is 23.9 Å². The fourth-order valence-electron chi connectivity index (χ4n) is 2.05. The van der Waals surface area contributed by atoms with Crippen LogP contribution in [0.1, 0.15) is 0 Å². The molecule has 1 aromatic heterocycles. The van der Waals surface area contributed by atoms with Gasteiger partial charge in [-0.15, -0.1) is 0 Å². The van der Waals surface area contributed by atoms with Crippen molar-refractivity contribution in [2.45, 2.75) is 11.2 Å². The molecule has 21 heavy (non-hydrogen) atoms. The summed E-state index contributed by atoms with van der Waals surface area (Å²) in [5, 5.41) is 4.23. The summed E-state index contributed by atoms with van der Waals surface area (Å²) in [5.41, 5.74) is 2.13. The molecule has 1 aliphatic heterocycles. The molecule has 108 valence electrons. The van der Waals surface area contributed by atoms with Crippen molar-refractivity contribution in [1.29, 1.82) is 0 Å². The molecule has 4 nitrogen and oxygen atoms in total. The number of nitrogens with one attached hydrogen (secondary N) is 2. The third kappa shape index (κ3) is 3.49. The zero-order chi connectivity index (χ0) is 14.5. The van der Waals surface area contributed by atoms with Crippen LogP contribution in [0, 0.1) is 0 Å². The Balaban J connectivity index is 1.62. The van der Waals surface area contributed by atoms with Gasteiger partial charge in [-0.25, -0.2) is 4.98 Å². The molecular weight excluding hydrogens is 282 g/mol. The molecular formula is C16H17N3OS. The maximum absolute atomic E-state index is 5.17. The summed E-state index contributed by atoms with van der Waals surface area (Å²) < 4.78 is 5.17. The largest absolute Gasteiger partial charge is 0.497 e. The molecule has 2 aromatic rings. The number of allylic oxidation sites excluding steroid dienone is 2. The van der Waals surface area contributed by atoms with Crippen LogP contribution in [0.3, 0.4) is 0 Å². The van der Waals surface area contributed by atoms with Gasteiger partial charge in [0.25, 0.3) is 0 Å². The van der Waals surface area contributed by atoms with E-state index in [0.717, 1.165) is 27.9 Å². The number of hydrogen-bond donors (Lipinski definition) is 2. The van der Waals surface area contributed by atoms with Crippen molar-refractivity contribution in [3.05, 3.63) is 54.9 Å². The number of dihydropyridines is 1. The number of aromatic nitrogens is 2. The highest BCUT2D eigenvalue weighted by Gasteiger charge is 2.08. The van der Waals surface area contributed by atoms with Crippen LogP contribution in [-0.2, 0) is 0 Å². The van der Waals surface area contributed by atoms with Gasteiger partial charge in [0.05, 0.1) is 25.0 Å². The first-order valence-electron chi connectivity index (χ1n) is 6.77. The Kier molecular flexibility index (Phi) is 4.31. The summed E-state index contributed by atoms with van der Waals surface area (Å²) in [7, 11) is 1.67. The van der Waals surface area contributed by atoms with Crippen molar-refractivity contribution >= 4 is 11.8 Å². The minimum absolute atomic E-state index is 0.356. The second-order valence-corrected chi connectivity index (χ2v) is 5.67. The number of thioether (sulfide) groups is 1. The molecule has 2 N–H and O–H groups in total. The van der Waals surface area contributed by atoms with E-state index in [2.05, 4.69) is 27.4 Å². The van der Waals surface area contributed by atoms with Crippen LogP contribution in [0.4, 0.5) is 0 Å². The van der Waals surface area contributed by atoms with E-state index in [-0.39, 0.29) is 0 Å². The van der Waals surface area contributed by atoms with E-state index in [1.807, 2.05) is 42.7 Å². The third-order valence-corrected chi connectivity index (χ3v) is 4.22. The van der Waals surface area contributed by atoms with Gasteiger partial charge in [0.1, 0.15) is 5.75 Å². The summed E-state index contributed by atoms with van der Waals surface area (Å²) in [5.74, 6) is 1.80. The molecule has 2 heterocycles. The molecule has 0 bridgehead atoms. The molecule has 1 aliphatic rings. The Morgan fingerprint density at radius 1 is 1.24 bits per heavy atom. The first kappa shape index (κ1) is 13.8. The molecule has 0 fully saturated rings. The lowest BCUT2D eigenvalue weighted by Crippen LogP contribution is -2.25. The number of H-pyrrole nitrogens is 1. The number of imidazole rings is 1. The highest BCUT2D eigenvalue weighted by molar-refractivity contribution is 7.99. The lowest BCUT2D eigenvalue weighted by Gasteiger charge is -2.13. The van der Waals surface area contributed by atoms with Gasteiger partial charge in [-0.2, -0.15) is 0 Å². The average Bonchev–Trinajstić information content (AvgIpc) is 3.03. The highest BCUT2D eigenvalue weighted by Crippen LogP contribution is 2.24. The number of ether oxygens (including phenoxy) is 1. The minimum atomic E-state index is 0.356. The van der Waals surface area contributed by atoms with Crippen molar-refractivity contribution in [2.75, 3.05) is 12.9 Å². The van der Waals surface area contributed by atoms with Crippen LogP contribution in [-0.4, -0.2) is 28.9 Å². The van der Waals surface area contributed by atoms with Crippen LogP contribution in [0.25, 0.3) is 11.3 Å². The lowest BCUT2D eigenvalue weighted by molar-refractivity contribution is 0.415. The standard InChI is InChI=1S/C16H17N3OS/c1-20-14-7-5-12(6-8-14)15-10-18-16(19-15)21-11-13-4-2-3-9-17-13/h2-10,13,17H,11H2,1H3,(H,18,19). The number of rotatable bonds is 5. The molecule has 0 aliphatic carbocycles. The van der Waals surface area contributed by atoms with Crippen LogP contribution in [0.2, 0.25) is 0 Å². The number of methoxy groups -OCH3 is 1. The smallest absolute Gasteiger partial charge is 0.165 e. The Hall–Kier alpha value is -2.14. The SMILES string of the molecule is COc1ccc(-c2cnc(SCC3C=CC=CN3)[nH]2)cc1. The van der Waals surface area contributed by atoms with E-state index in [9.17, 15) is 0 Å². The predicted octanol–water partition coefficient (Wildman–Crippen LogP) is 3.22. The number of hydrogen-bond acceptors (Lipinski definition) is 4. The molecule has 3 rings (SSSR count).